The maximum atomic E-state index is 13.1. The van der Waals surface area contributed by atoms with E-state index in [1.54, 1.807) is 6.08 Å². The summed E-state index contributed by atoms with van der Waals surface area (Å²) in [5.41, 5.74) is 3.99. The molecule has 166 valence electrons. The van der Waals surface area contributed by atoms with Gasteiger partial charge in [0.25, 0.3) is 0 Å². The van der Waals surface area contributed by atoms with E-state index >= 15 is 0 Å². The molecule has 2 heterocycles. The van der Waals surface area contributed by atoms with Gasteiger partial charge in [0.2, 0.25) is 5.95 Å². The van der Waals surface area contributed by atoms with Gasteiger partial charge in [-0.1, -0.05) is 50.8 Å². The van der Waals surface area contributed by atoms with Crippen molar-refractivity contribution in [3.8, 4) is 5.75 Å². The number of carbonyl (C=O) groups excluding carboxylic acids is 1. The van der Waals surface area contributed by atoms with Gasteiger partial charge in [0.05, 0.1) is 29.3 Å². The SMILES string of the molecule is C=CCOC(=O)C1=C(C)Nc2nc3ccccc3n2[C@@H]1c1cccc(OCCC(C)C)c1. The Bertz CT molecular complexity index is 1180. The van der Waals surface area contributed by atoms with Gasteiger partial charge in [0.1, 0.15) is 12.4 Å². The lowest BCUT2D eigenvalue weighted by atomic mass is 9.95. The first-order valence-electron chi connectivity index (χ1n) is 10.9. The number of hydrogen-bond acceptors (Lipinski definition) is 5. The molecular formula is C26H29N3O3. The normalized spacial score (nSPS) is 15.4. The van der Waals surface area contributed by atoms with E-state index in [2.05, 4.69) is 30.3 Å². The lowest BCUT2D eigenvalue weighted by Crippen LogP contribution is -2.29. The largest absolute Gasteiger partial charge is 0.494 e. The third-order valence-corrected chi connectivity index (χ3v) is 5.52. The van der Waals surface area contributed by atoms with Crippen molar-refractivity contribution in [3.05, 3.63) is 78.0 Å². The van der Waals surface area contributed by atoms with Crippen LogP contribution in [0, 0.1) is 5.92 Å². The summed E-state index contributed by atoms with van der Waals surface area (Å²) in [7, 11) is 0. The van der Waals surface area contributed by atoms with Crippen LogP contribution in [-0.2, 0) is 9.53 Å². The van der Waals surface area contributed by atoms with Crippen molar-refractivity contribution in [2.45, 2.75) is 33.2 Å². The topological polar surface area (TPSA) is 65.4 Å². The van der Waals surface area contributed by atoms with Gasteiger partial charge in [0.15, 0.2) is 0 Å². The highest BCUT2D eigenvalue weighted by molar-refractivity contribution is 5.94. The fourth-order valence-electron chi connectivity index (χ4n) is 3.94. The van der Waals surface area contributed by atoms with Crippen molar-refractivity contribution in [2.24, 2.45) is 5.92 Å². The molecule has 0 bridgehead atoms. The molecule has 0 radical (unpaired) electrons. The first-order valence-corrected chi connectivity index (χ1v) is 10.9. The number of ether oxygens (including phenoxy) is 2. The third kappa shape index (κ3) is 4.26. The Balaban J connectivity index is 1.81. The summed E-state index contributed by atoms with van der Waals surface area (Å²) in [5, 5.41) is 3.29. The number of imidazole rings is 1. The zero-order valence-electron chi connectivity index (χ0n) is 18.8. The van der Waals surface area contributed by atoms with Crippen LogP contribution in [0.1, 0.15) is 38.8 Å². The monoisotopic (exact) mass is 431 g/mol. The molecule has 0 amide bonds. The van der Waals surface area contributed by atoms with Crippen LogP contribution in [-0.4, -0.2) is 28.7 Å². The fourth-order valence-corrected chi connectivity index (χ4v) is 3.94. The number of benzene rings is 2. The third-order valence-electron chi connectivity index (χ3n) is 5.52. The molecule has 1 atom stereocenters. The number of anilines is 1. The first-order chi connectivity index (χ1) is 15.5. The molecule has 1 aromatic heterocycles. The van der Waals surface area contributed by atoms with Crippen molar-refractivity contribution < 1.29 is 14.3 Å². The van der Waals surface area contributed by atoms with Crippen LogP contribution in [0.5, 0.6) is 5.75 Å². The summed E-state index contributed by atoms with van der Waals surface area (Å²) in [4.78, 5) is 17.9. The molecule has 6 heteroatoms. The number of esters is 1. The van der Waals surface area contributed by atoms with E-state index in [0.29, 0.717) is 24.0 Å². The number of rotatable bonds is 8. The van der Waals surface area contributed by atoms with E-state index in [9.17, 15) is 4.79 Å². The predicted octanol–water partition coefficient (Wildman–Crippen LogP) is 5.48. The molecule has 1 aliphatic rings. The molecule has 0 fully saturated rings. The number of nitrogens with one attached hydrogen (secondary N) is 1. The number of fused-ring (bicyclic) bond motifs is 3. The van der Waals surface area contributed by atoms with Gasteiger partial charge in [-0.3, -0.25) is 4.57 Å². The second-order valence-corrected chi connectivity index (χ2v) is 8.35. The Labute approximate surface area is 188 Å². The molecule has 0 unspecified atom stereocenters. The van der Waals surface area contributed by atoms with E-state index in [4.69, 9.17) is 14.5 Å². The number of allylic oxidation sites excluding steroid dienone is 1. The smallest absolute Gasteiger partial charge is 0.338 e. The van der Waals surface area contributed by atoms with E-state index in [0.717, 1.165) is 34.5 Å². The summed E-state index contributed by atoms with van der Waals surface area (Å²) < 4.78 is 13.5. The van der Waals surface area contributed by atoms with Crippen molar-refractivity contribution in [1.82, 2.24) is 9.55 Å². The van der Waals surface area contributed by atoms with Crippen LogP contribution in [0.2, 0.25) is 0 Å². The van der Waals surface area contributed by atoms with E-state index in [1.807, 2.05) is 55.5 Å². The Morgan fingerprint density at radius 1 is 1.25 bits per heavy atom. The molecule has 0 spiro atoms. The average molecular weight is 432 g/mol. The number of hydrogen-bond donors (Lipinski definition) is 1. The molecule has 1 N–H and O–H groups in total. The molecule has 0 saturated heterocycles. The van der Waals surface area contributed by atoms with Crippen LogP contribution < -0.4 is 10.1 Å². The predicted molar refractivity (Wildman–Crippen MR) is 127 cm³/mol. The molecule has 3 aromatic rings. The minimum absolute atomic E-state index is 0.151. The van der Waals surface area contributed by atoms with Gasteiger partial charge in [-0.15, -0.1) is 0 Å². The van der Waals surface area contributed by atoms with E-state index in [1.165, 1.54) is 0 Å². The van der Waals surface area contributed by atoms with Crippen molar-refractivity contribution in [2.75, 3.05) is 18.5 Å². The summed E-state index contributed by atoms with van der Waals surface area (Å²) in [6.07, 6.45) is 2.55. The second-order valence-electron chi connectivity index (χ2n) is 8.35. The molecule has 32 heavy (non-hydrogen) atoms. The quantitative estimate of drug-likeness (QED) is 0.378. The molecule has 0 aliphatic carbocycles. The van der Waals surface area contributed by atoms with Crippen LogP contribution in [0.3, 0.4) is 0 Å². The molecule has 2 aromatic carbocycles. The Morgan fingerprint density at radius 3 is 2.84 bits per heavy atom. The summed E-state index contributed by atoms with van der Waals surface area (Å²) in [6.45, 7) is 10.7. The maximum absolute atomic E-state index is 13.1. The minimum atomic E-state index is -0.399. The second kappa shape index (κ2) is 9.30. The van der Waals surface area contributed by atoms with Crippen LogP contribution in [0.4, 0.5) is 5.95 Å². The lowest BCUT2D eigenvalue weighted by Gasteiger charge is -2.30. The highest BCUT2D eigenvalue weighted by atomic mass is 16.5. The zero-order valence-corrected chi connectivity index (χ0v) is 18.8. The zero-order chi connectivity index (χ0) is 22.7. The fraction of sp³-hybridized carbons (Fsp3) is 0.308. The molecule has 4 rings (SSSR count). The summed E-state index contributed by atoms with van der Waals surface area (Å²) in [6, 6.07) is 15.4. The first kappa shape index (κ1) is 21.7. The highest BCUT2D eigenvalue weighted by Gasteiger charge is 2.35. The Kier molecular flexibility index (Phi) is 6.30. The standard InChI is InChI=1S/C26H29N3O3/c1-5-14-32-25(30)23-18(4)27-26-28-21-11-6-7-12-22(21)29(26)24(23)19-9-8-10-20(16-19)31-15-13-17(2)3/h5-12,16-17,24H,1,13-15H2,2-4H3,(H,27,28)/t24-/m1/s1. The van der Waals surface area contributed by atoms with Gasteiger partial charge in [-0.2, -0.15) is 0 Å². The van der Waals surface area contributed by atoms with Crippen molar-refractivity contribution >= 4 is 23.0 Å². The summed E-state index contributed by atoms with van der Waals surface area (Å²) in [5.74, 6) is 1.66. The van der Waals surface area contributed by atoms with Gasteiger partial charge < -0.3 is 14.8 Å². The van der Waals surface area contributed by atoms with Gasteiger partial charge in [-0.05, 0) is 49.1 Å². The number of aromatic nitrogens is 2. The Morgan fingerprint density at radius 2 is 2.06 bits per heavy atom. The van der Waals surface area contributed by atoms with Crippen LogP contribution in [0.15, 0.2) is 72.5 Å². The highest BCUT2D eigenvalue weighted by Crippen LogP contribution is 2.40. The maximum Gasteiger partial charge on any atom is 0.338 e. The van der Waals surface area contributed by atoms with Gasteiger partial charge in [0, 0.05) is 5.70 Å². The van der Waals surface area contributed by atoms with E-state index < -0.39 is 6.04 Å². The van der Waals surface area contributed by atoms with Crippen LogP contribution >= 0.6 is 0 Å². The van der Waals surface area contributed by atoms with Gasteiger partial charge in [-0.25, -0.2) is 9.78 Å². The van der Waals surface area contributed by atoms with Crippen molar-refractivity contribution in [3.63, 3.8) is 0 Å². The summed E-state index contributed by atoms with van der Waals surface area (Å²) >= 11 is 0. The molecule has 6 nitrogen and oxygen atoms in total. The lowest BCUT2D eigenvalue weighted by molar-refractivity contribution is -0.138. The molecular weight excluding hydrogens is 402 g/mol. The Hall–Kier alpha value is -3.54. The average Bonchev–Trinajstić information content (AvgIpc) is 3.14. The van der Waals surface area contributed by atoms with Gasteiger partial charge >= 0.3 is 5.97 Å². The number of para-hydroxylation sites is 2. The molecule has 1 aliphatic heterocycles. The number of nitrogens with zero attached hydrogens (tertiary/aromatic N) is 2. The number of carbonyl (C=O) groups is 1. The minimum Gasteiger partial charge on any atom is -0.494 e. The van der Waals surface area contributed by atoms with E-state index in [-0.39, 0.29) is 12.6 Å². The van der Waals surface area contributed by atoms with Crippen molar-refractivity contribution in [1.29, 1.82) is 0 Å². The van der Waals surface area contributed by atoms with Crippen LogP contribution in [0.25, 0.3) is 11.0 Å². The molecule has 0 saturated carbocycles.